The molecule has 0 heterocycles. The first kappa shape index (κ1) is 15.9. The first-order valence-corrected chi connectivity index (χ1v) is 7.16. The number of carbonyl (C=O) groups is 2. The zero-order valence-electron chi connectivity index (χ0n) is 12.1. The van der Waals surface area contributed by atoms with Crippen molar-refractivity contribution in [2.24, 2.45) is 0 Å². The molecule has 2 N–H and O–H groups in total. The molecule has 0 aliphatic rings. The average molecular weight is 303 g/mol. The maximum atomic E-state index is 12.4. The predicted octanol–water partition coefficient (Wildman–Crippen LogP) is 2.70. The molecule has 0 saturated heterocycles. The quantitative estimate of drug-likeness (QED) is 0.826. The summed E-state index contributed by atoms with van der Waals surface area (Å²) >= 11 is 0. The van der Waals surface area contributed by atoms with E-state index in [1.807, 2.05) is 36.4 Å². The van der Waals surface area contributed by atoms with Crippen molar-refractivity contribution in [3.05, 3.63) is 48.0 Å². The molecule has 0 aliphatic heterocycles. The van der Waals surface area contributed by atoms with Crippen molar-refractivity contribution in [3.8, 4) is 0 Å². The number of rotatable bonds is 7. The highest BCUT2D eigenvalue weighted by molar-refractivity contribution is 5.84. The van der Waals surface area contributed by atoms with Gasteiger partial charge in [0.25, 0.3) is 0 Å². The number of nitrogens with one attached hydrogen (secondary N) is 1. The molecule has 5 heteroatoms. The van der Waals surface area contributed by atoms with Gasteiger partial charge >= 0.3 is 5.97 Å². The van der Waals surface area contributed by atoms with Crippen molar-refractivity contribution in [2.45, 2.75) is 25.3 Å². The number of alkyl halides is 1. The van der Waals surface area contributed by atoms with Gasteiger partial charge in [-0.1, -0.05) is 42.5 Å². The van der Waals surface area contributed by atoms with Gasteiger partial charge < -0.3 is 10.4 Å². The monoisotopic (exact) mass is 303 g/mol. The number of carboxylic acid groups (broad SMARTS) is 1. The van der Waals surface area contributed by atoms with Gasteiger partial charge in [0.15, 0.2) is 6.04 Å². The summed E-state index contributed by atoms with van der Waals surface area (Å²) in [5.74, 6) is -1.80. The van der Waals surface area contributed by atoms with Gasteiger partial charge in [-0.25, -0.2) is 9.18 Å². The molecule has 0 fully saturated rings. The fraction of sp³-hybridized carbons (Fsp3) is 0.294. The highest BCUT2D eigenvalue weighted by Crippen LogP contribution is 2.16. The highest BCUT2D eigenvalue weighted by atomic mass is 19.1. The van der Waals surface area contributed by atoms with Crippen LogP contribution in [0.2, 0.25) is 0 Å². The summed E-state index contributed by atoms with van der Waals surface area (Å²) < 4.78 is 12.4. The maximum absolute atomic E-state index is 12.4. The van der Waals surface area contributed by atoms with E-state index in [-0.39, 0.29) is 6.42 Å². The summed E-state index contributed by atoms with van der Waals surface area (Å²) in [4.78, 5) is 22.2. The fourth-order valence-corrected chi connectivity index (χ4v) is 2.28. The summed E-state index contributed by atoms with van der Waals surface area (Å²) in [6.07, 6.45) is 1.48. The molecule has 1 atom stereocenters. The molecule has 2 rings (SSSR count). The van der Waals surface area contributed by atoms with Crippen LogP contribution in [-0.2, 0) is 16.0 Å². The lowest BCUT2D eigenvalue weighted by atomic mass is 10.0. The molecular formula is C17H18FNO3. The fourth-order valence-electron chi connectivity index (χ4n) is 2.28. The Morgan fingerprint density at radius 1 is 1.14 bits per heavy atom. The Kier molecular flexibility index (Phi) is 5.47. The Morgan fingerprint density at radius 2 is 1.86 bits per heavy atom. The number of hydrogen-bond donors (Lipinski definition) is 2. The van der Waals surface area contributed by atoms with Crippen LogP contribution >= 0.6 is 0 Å². The molecule has 0 bridgehead atoms. The van der Waals surface area contributed by atoms with Gasteiger partial charge in [0.1, 0.15) is 6.67 Å². The molecule has 0 saturated carbocycles. The average Bonchev–Trinajstić information content (AvgIpc) is 2.52. The zero-order chi connectivity index (χ0) is 15.9. The molecule has 0 aliphatic carbocycles. The van der Waals surface area contributed by atoms with E-state index in [2.05, 4.69) is 11.4 Å². The number of aryl methyl sites for hydroxylation is 1. The third-order valence-electron chi connectivity index (χ3n) is 3.47. The van der Waals surface area contributed by atoms with Crippen LogP contribution < -0.4 is 5.32 Å². The van der Waals surface area contributed by atoms with Crippen LogP contribution in [0.3, 0.4) is 0 Å². The van der Waals surface area contributed by atoms with Crippen molar-refractivity contribution >= 4 is 22.6 Å². The minimum absolute atomic E-state index is 0.177. The van der Waals surface area contributed by atoms with Gasteiger partial charge in [0, 0.05) is 6.42 Å². The largest absolute Gasteiger partial charge is 0.480 e. The Bertz CT molecular complexity index is 672. The Labute approximate surface area is 128 Å². The predicted molar refractivity (Wildman–Crippen MR) is 82.4 cm³/mol. The maximum Gasteiger partial charge on any atom is 0.328 e. The normalized spacial score (nSPS) is 12.0. The number of halogens is 1. The summed E-state index contributed by atoms with van der Waals surface area (Å²) in [6, 6.07) is 12.7. The van der Waals surface area contributed by atoms with E-state index in [9.17, 15) is 14.0 Å². The van der Waals surface area contributed by atoms with E-state index in [1.165, 1.54) is 0 Å². The second kappa shape index (κ2) is 7.54. The second-order valence-electron chi connectivity index (χ2n) is 5.15. The number of hydrogen-bond acceptors (Lipinski definition) is 2. The molecule has 0 aromatic heterocycles. The molecule has 0 spiro atoms. The topological polar surface area (TPSA) is 66.4 Å². The number of aliphatic carboxylic acids is 1. The standard InChI is InChI=1S/C17H18FNO3/c18-11-15(17(21)22)19-16(20)7-3-4-12-8-9-13-5-1-2-6-14(13)10-12/h1-2,5-6,8-10,15H,3-4,7,11H2,(H,19,20)(H,21,22). The van der Waals surface area contributed by atoms with E-state index in [1.54, 1.807) is 0 Å². The molecule has 2 aromatic rings. The third-order valence-corrected chi connectivity index (χ3v) is 3.47. The van der Waals surface area contributed by atoms with Crippen LogP contribution in [0.1, 0.15) is 18.4 Å². The molecule has 116 valence electrons. The third kappa shape index (κ3) is 4.28. The second-order valence-corrected chi connectivity index (χ2v) is 5.15. The smallest absolute Gasteiger partial charge is 0.328 e. The minimum Gasteiger partial charge on any atom is -0.480 e. The van der Waals surface area contributed by atoms with Crippen LogP contribution in [0.25, 0.3) is 10.8 Å². The number of fused-ring (bicyclic) bond motifs is 1. The Hall–Kier alpha value is -2.43. The first-order valence-electron chi connectivity index (χ1n) is 7.16. The molecule has 1 unspecified atom stereocenters. The van der Waals surface area contributed by atoms with E-state index < -0.39 is 24.6 Å². The SMILES string of the molecule is O=C(CCCc1ccc2ccccc2c1)NC(CF)C(=O)O. The minimum atomic E-state index is -1.45. The lowest BCUT2D eigenvalue weighted by Gasteiger charge is -2.10. The van der Waals surface area contributed by atoms with Gasteiger partial charge in [-0.15, -0.1) is 0 Å². The lowest BCUT2D eigenvalue weighted by Crippen LogP contribution is -2.42. The number of amides is 1. The van der Waals surface area contributed by atoms with E-state index in [4.69, 9.17) is 5.11 Å². The lowest BCUT2D eigenvalue weighted by molar-refractivity contribution is -0.142. The Balaban J connectivity index is 1.84. The number of benzene rings is 2. The molecule has 1 amide bonds. The van der Waals surface area contributed by atoms with Crippen molar-refractivity contribution in [2.75, 3.05) is 6.67 Å². The summed E-state index contributed by atoms with van der Waals surface area (Å²) in [5, 5.41) is 13.1. The molecule has 0 radical (unpaired) electrons. The molecule has 2 aromatic carbocycles. The number of carboxylic acids is 1. The van der Waals surface area contributed by atoms with Crippen molar-refractivity contribution in [1.82, 2.24) is 5.32 Å². The van der Waals surface area contributed by atoms with Crippen LogP contribution in [-0.4, -0.2) is 29.7 Å². The van der Waals surface area contributed by atoms with E-state index in [0.717, 1.165) is 16.3 Å². The number of carbonyl (C=O) groups excluding carboxylic acids is 1. The van der Waals surface area contributed by atoms with Crippen LogP contribution in [0, 0.1) is 0 Å². The van der Waals surface area contributed by atoms with Gasteiger partial charge in [-0.3, -0.25) is 4.79 Å². The first-order chi connectivity index (χ1) is 10.6. The van der Waals surface area contributed by atoms with Crippen molar-refractivity contribution < 1.29 is 19.1 Å². The molecular weight excluding hydrogens is 285 g/mol. The van der Waals surface area contributed by atoms with E-state index >= 15 is 0 Å². The van der Waals surface area contributed by atoms with E-state index in [0.29, 0.717) is 12.8 Å². The Morgan fingerprint density at radius 3 is 2.55 bits per heavy atom. The summed E-state index contributed by atoms with van der Waals surface area (Å²) in [6.45, 7) is -1.11. The summed E-state index contributed by atoms with van der Waals surface area (Å²) in [7, 11) is 0. The van der Waals surface area contributed by atoms with Gasteiger partial charge in [0.2, 0.25) is 5.91 Å². The zero-order valence-corrected chi connectivity index (χ0v) is 12.1. The van der Waals surface area contributed by atoms with Crippen LogP contribution in [0.4, 0.5) is 4.39 Å². The van der Waals surface area contributed by atoms with Gasteiger partial charge in [-0.05, 0) is 29.2 Å². The van der Waals surface area contributed by atoms with Crippen molar-refractivity contribution in [1.29, 1.82) is 0 Å². The molecule has 4 nitrogen and oxygen atoms in total. The summed E-state index contributed by atoms with van der Waals surface area (Å²) in [5.41, 5.74) is 1.12. The van der Waals surface area contributed by atoms with Gasteiger partial charge in [-0.2, -0.15) is 0 Å². The van der Waals surface area contributed by atoms with Crippen LogP contribution in [0.15, 0.2) is 42.5 Å². The highest BCUT2D eigenvalue weighted by Gasteiger charge is 2.18. The van der Waals surface area contributed by atoms with Crippen molar-refractivity contribution in [3.63, 3.8) is 0 Å². The molecule has 22 heavy (non-hydrogen) atoms. The van der Waals surface area contributed by atoms with Gasteiger partial charge in [0.05, 0.1) is 0 Å². The van der Waals surface area contributed by atoms with Crippen LogP contribution in [0.5, 0.6) is 0 Å².